The SMILES string of the molecule is NNC(c1cc(F)ccc1N)C1CCCC1. The molecule has 0 heterocycles. The molecule has 2 rings (SSSR count). The Balaban J connectivity index is 2.28. The lowest BCUT2D eigenvalue weighted by molar-refractivity contribution is 0.373. The quantitative estimate of drug-likeness (QED) is 0.418. The summed E-state index contributed by atoms with van der Waals surface area (Å²) < 4.78 is 13.2. The Kier molecular flexibility index (Phi) is 3.41. The summed E-state index contributed by atoms with van der Waals surface area (Å²) >= 11 is 0. The highest BCUT2D eigenvalue weighted by Gasteiger charge is 2.26. The molecule has 0 spiro atoms. The molecule has 1 saturated carbocycles. The van der Waals surface area contributed by atoms with Crippen LogP contribution >= 0.6 is 0 Å². The first-order valence-electron chi connectivity index (χ1n) is 5.73. The normalized spacial score (nSPS) is 18.9. The molecule has 1 atom stereocenters. The molecule has 1 fully saturated rings. The summed E-state index contributed by atoms with van der Waals surface area (Å²) in [7, 11) is 0. The van der Waals surface area contributed by atoms with Crippen molar-refractivity contribution in [1.82, 2.24) is 5.43 Å². The molecule has 1 aliphatic carbocycles. The van der Waals surface area contributed by atoms with Crippen molar-refractivity contribution in [2.24, 2.45) is 11.8 Å². The summed E-state index contributed by atoms with van der Waals surface area (Å²) in [5.41, 5.74) is 10.0. The highest BCUT2D eigenvalue weighted by molar-refractivity contribution is 5.48. The summed E-state index contributed by atoms with van der Waals surface area (Å²) in [4.78, 5) is 0. The molecular weight excluding hydrogens is 205 g/mol. The van der Waals surface area contributed by atoms with Gasteiger partial charge in [-0.25, -0.2) is 4.39 Å². The van der Waals surface area contributed by atoms with E-state index >= 15 is 0 Å². The predicted molar refractivity (Wildman–Crippen MR) is 62.8 cm³/mol. The van der Waals surface area contributed by atoms with Gasteiger partial charge in [0.1, 0.15) is 5.82 Å². The zero-order valence-electron chi connectivity index (χ0n) is 9.25. The van der Waals surface area contributed by atoms with E-state index in [0.717, 1.165) is 18.4 Å². The standard InChI is InChI=1S/C12H18FN3/c13-9-5-6-11(14)10(7-9)12(16-15)8-3-1-2-4-8/h5-8,12,16H,1-4,14-15H2. The van der Waals surface area contributed by atoms with Crippen molar-refractivity contribution >= 4 is 5.69 Å². The number of halogens is 1. The first kappa shape index (κ1) is 11.4. The fourth-order valence-corrected chi connectivity index (χ4v) is 2.59. The zero-order valence-corrected chi connectivity index (χ0v) is 9.25. The highest BCUT2D eigenvalue weighted by Crippen LogP contribution is 2.37. The van der Waals surface area contributed by atoms with Gasteiger partial charge in [0, 0.05) is 5.69 Å². The van der Waals surface area contributed by atoms with Crippen LogP contribution in [0, 0.1) is 11.7 Å². The Morgan fingerprint density at radius 3 is 2.62 bits per heavy atom. The zero-order chi connectivity index (χ0) is 11.5. The van der Waals surface area contributed by atoms with Gasteiger partial charge in [0.2, 0.25) is 0 Å². The van der Waals surface area contributed by atoms with E-state index in [1.54, 1.807) is 6.07 Å². The third-order valence-corrected chi connectivity index (χ3v) is 3.43. The molecule has 0 bridgehead atoms. The Labute approximate surface area is 95.0 Å². The van der Waals surface area contributed by atoms with Gasteiger partial charge in [-0.2, -0.15) is 0 Å². The topological polar surface area (TPSA) is 64.1 Å². The van der Waals surface area contributed by atoms with Crippen LogP contribution in [0.3, 0.4) is 0 Å². The number of anilines is 1. The van der Waals surface area contributed by atoms with Crippen LogP contribution in [-0.4, -0.2) is 0 Å². The number of nitrogens with two attached hydrogens (primary N) is 2. The summed E-state index contributed by atoms with van der Waals surface area (Å²) in [6.45, 7) is 0. The van der Waals surface area contributed by atoms with Crippen molar-refractivity contribution in [3.05, 3.63) is 29.6 Å². The minimum atomic E-state index is -0.262. The van der Waals surface area contributed by atoms with E-state index in [9.17, 15) is 4.39 Å². The Morgan fingerprint density at radius 2 is 2.00 bits per heavy atom. The molecule has 0 radical (unpaired) electrons. The third-order valence-electron chi connectivity index (χ3n) is 3.43. The lowest BCUT2D eigenvalue weighted by Gasteiger charge is -2.24. The van der Waals surface area contributed by atoms with E-state index in [2.05, 4.69) is 5.43 Å². The van der Waals surface area contributed by atoms with Gasteiger partial charge in [-0.15, -0.1) is 0 Å². The van der Waals surface area contributed by atoms with Gasteiger partial charge in [0.05, 0.1) is 6.04 Å². The van der Waals surface area contributed by atoms with Crippen LogP contribution in [0.15, 0.2) is 18.2 Å². The monoisotopic (exact) mass is 223 g/mol. The predicted octanol–water partition coefficient (Wildman–Crippen LogP) is 2.10. The fraction of sp³-hybridized carbons (Fsp3) is 0.500. The lowest BCUT2D eigenvalue weighted by atomic mass is 9.91. The second kappa shape index (κ2) is 4.80. The minimum absolute atomic E-state index is 0.0294. The third kappa shape index (κ3) is 2.18. The average molecular weight is 223 g/mol. The number of rotatable bonds is 3. The van der Waals surface area contributed by atoms with Crippen LogP contribution in [0.5, 0.6) is 0 Å². The first-order valence-corrected chi connectivity index (χ1v) is 5.73. The lowest BCUT2D eigenvalue weighted by Crippen LogP contribution is -2.33. The van der Waals surface area contributed by atoms with Crippen molar-refractivity contribution in [2.75, 3.05) is 5.73 Å². The maximum absolute atomic E-state index is 13.2. The van der Waals surface area contributed by atoms with E-state index < -0.39 is 0 Å². The Hall–Kier alpha value is -1.13. The number of nitrogen functional groups attached to an aromatic ring is 1. The summed E-state index contributed by atoms with van der Waals surface area (Å²) in [6.07, 6.45) is 4.70. The smallest absolute Gasteiger partial charge is 0.123 e. The van der Waals surface area contributed by atoms with Gasteiger partial charge >= 0.3 is 0 Å². The number of hydrogen-bond donors (Lipinski definition) is 3. The minimum Gasteiger partial charge on any atom is -0.398 e. The molecule has 0 amide bonds. The van der Waals surface area contributed by atoms with Crippen molar-refractivity contribution in [3.63, 3.8) is 0 Å². The van der Waals surface area contributed by atoms with Crippen molar-refractivity contribution in [3.8, 4) is 0 Å². The molecule has 1 aromatic rings. The summed E-state index contributed by atoms with van der Waals surface area (Å²) in [6, 6.07) is 4.43. The molecule has 16 heavy (non-hydrogen) atoms. The first-order chi connectivity index (χ1) is 7.72. The van der Waals surface area contributed by atoms with Gasteiger partial charge in [0.15, 0.2) is 0 Å². The number of benzene rings is 1. The molecule has 1 aromatic carbocycles. The van der Waals surface area contributed by atoms with E-state index in [-0.39, 0.29) is 11.9 Å². The van der Waals surface area contributed by atoms with Crippen molar-refractivity contribution in [2.45, 2.75) is 31.7 Å². The summed E-state index contributed by atoms with van der Waals surface area (Å²) in [5, 5.41) is 0. The molecule has 4 heteroatoms. The second-order valence-corrected chi connectivity index (χ2v) is 4.46. The van der Waals surface area contributed by atoms with E-state index in [1.165, 1.54) is 25.0 Å². The van der Waals surface area contributed by atoms with Gasteiger partial charge in [-0.1, -0.05) is 12.8 Å². The molecule has 0 aliphatic heterocycles. The van der Waals surface area contributed by atoms with Gasteiger partial charge in [-0.3, -0.25) is 11.3 Å². The molecule has 5 N–H and O–H groups in total. The highest BCUT2D eigenvalue weighted by atomic mass is 19.1. The number of hydrogen-bond acceptors (Lipinski definition) is 3. The maximum atomic E-state index is 13.2. The van der Waals surface area contributed by atoms with Crippen LogP contribution in [0.1, 0.15) is 37.3 Å². The van der Waals surface area contributed by atoms with Gasteiger partial charge < -0.3 is 5.73 Å². The van der Waals surface area contributed by atoms with E-state index in [1.807, 2.05) is 0 Å². The summed E-state index contributed by atoms with van der Waals surface area (Å²) in [5.74, 6) is 5.78. The molecule has 88 valence electrons. The van der Waals surface area contributed by atoms with E-state index in [0.29, 0.717) is 11.6 Å². The fourth-order valence-electron chi connectivity index (χ4n) is 2.59. The maximum Gasteiger partial charge on any atom is 0.123 e. The van der Waals surface area contributed by atoms with Gasteiger partial charge in [0.25, 0.3) is 0 Å². The molecule has 3 nitrogen and oxygen atoms in total. The molecule has 0 aromatic heterocycles. The second-order valence-electron chi connectivity index (χ2n) is 4.46. The molecule has 1 unspecified atom stereocenters. The Morgan fingerprint density at radius 1 is 1.31 bits per heavy atom. The van der Waals surface area contributed by atoms with Crippen LogP contribution in [0.25, 0.3) is 0 Å². The van der Waals surface area contributed by atoms with E-state index in [4.69, 9.17) is 11.6 Å². The van der Waals surface area contributed by atoms with Crippen molar-refractivity contribution in [1.29, 1.82) is 0 Å². The van der Waals surface area contributed by atoms with Crippen LogP contribution in [-0.2, 0) is 0 Å². The van der Waals surface area contributed by atoms with Crippen molar-refractivity contribution < 1.29 is 4.39 Å². The van der Waals surface area contributed by atoms with Crippen LogP contribution in [0.4, 0.5) is 10.1 Å². The largest absolute Gasteiger partial charge is 0.398 e. The molecule has 1 aliphatic rings. The number of nitrogens with one attached hydrogen (secondary N) is 1. The Bertz CT molecular complexity index is 361. The number of hydrazine groups is 1. The molecule has 0 saturated heterocycles. The van der Waals surface area contributed by atoms with Gasteiger partial charge in [-0.05, 0) is 42.5 Å². The average Bonchev–Trinajstić information content (AvgIpc) is 2.78. The van der Waals surface area contributed by atoms with Crippen LogP contribution < -0.4 is 17.0 Å². The molecular formula is C12H18FN3. The van der Waals surface area contributed by atoms with Crippen LogP contribution in [0.2, 0.25) is 0 Å².